The first-order valence-corrected chi connectivity index (χ1v) is 12.3. The van der Waals surface area contributed by atoms with Crippen molar-refractivity contribution in [2.75, 3.05) is 0 Å². The predicted octanol–water partition coefficient (Wildman–Crippen LogP) is 2.78. The number of esters is 1. The third-order valence-electron chi connectivity index (χ3n) is 5.84. The van der Waals surface area contributed by atoms with Gasteiger partial charge in [0.05, 0.1) is 11.8 Å². The van der Waals surface area contributed by atoms with Gasteiger partial charge in [-0.25, -0.2) is 18.8 Å². The number of ether oxygens (including phenoxy) is 1. The van der Waals surface area contributed by atoms with Gasteiger partial charge in [-0.2, -0.15) is 13.2 Å². The highest BCUT2D eigenvalue weighted by Crippen LogP contribution is 2.45. The minimum Gasteiger partial charge on any atom is -0.481 e. The SMILES string of the molecule is N=C(N)c1ccc(OC(=O)c2ccc(CC3(C(=O)N[C@@H](CC(=O)O)C(=O)O)CCC3)s2)c(F)c1.O=C(O)C(F)(F)F. The number of hydrogen-bond donors (Lipinski definition) is 6. The van der Waals surface area contributed by atoms with E-state index in [4.69, 9.17) is 30.9 Å². The fourth-order valence-electron chi connectivity index (χ4n) is 3.59. The van der Waals surface area contributed by atoms with Gasteiger partial charge in [-0.3, -0.25) is 15.0 Å². The molecule has 7 N–H and O–H groups in total. The largest absolute Gasteiger partial charge is 0.490 e. The number of carboxylic acid groups (broad SMARTS) is 3. The molecular formula is C24H23F4N3O9S. The summed E-state index contributed by atoms with van der Waals surface area (Å²) in [5.74, 6) is -8.38. The summed E-state index contributed by atoms with van der Waals surface area (Å²) in [7, 11) is 0. The lowest BCUT2D eigenvalue weighted by Crippen LogP contribution is -2.52. The summed E-state index contributed by atoms with van der Waals surface area (Å²) in [5.41, 5.74) is 4.56. The average molecular weight is 606 g/mol. The van der Waals surface area contributed by atoms with Crippen molar-refractivity contribution in [3.8, 4) is 5.75 Å². The molecule has 0 radical (unpaired) electrons. The molecule has 1 aromatic heterocycles. The van der Waals surface area contributed by atoms with Gasteiger partial charge in [0.1, 0.15) is 16.8 Å². The molecule has 41 heavy (non-hydrogen) atoms. The van der Waals surface area contributed by atoms with E-state index in [0.29, 0.717) is 17.7 Å². The van der Waals surface area contributed by atoms with Gasteiger partial charge in [0.15, 0.2) is 11.6 Å². The van der Waals surface area contributed by atoms with E-state index in [-0.39, 0.29) is 28.4 Å². The number of nitrogens with two attached hydrogens (primary N) is 1. The molecular weight excluding hydrogens is 582 g/mol. The van der Waals surface area contributed by atoms with Gasteiger partial charge in [-0.1, -0.05) is 6.42 Å². The Balaban J connectivity index is 0.000000745. The number of carbonyl (C=O) groups excluding carboxylic acids is 2. The highest BCUT2D eigenvalue weighted by Gasteiger charge is 2.45. The minimum absolute atomic E-state index is 0.147. The Morgan fingerprint density at radius 2 is 1.71 bits per heavy atom. The van der Waals surface area contributed by atoms with Crippen LogP contribution in [0.4, 0.5) is 17.6 Å². The number of nitrogen functional groups attached to an aromatic ring is 1. The number of benzene rings is 1. The fraction of sp³-hybridized carbons (Fsp3) is 0.333. The molecule has 3 rings (SSSR count). The highest BCUT2D eigenvalue weighted by atomic mass is 32.1. The number of carboxylic acids is 3. The van der Waals surface area contributed by atoms with E-state index >= 15 is 0 Å². The number of hydrogen-bond acceptors (Lipinski definition) is 8. The van der Waals surface area contributed by atoms with Crippen LogP contribution in [0, 0.1) is 16.6 Å². The summed E-state index contributed by atoms with van der Waals surface area (Å²) >= 11 is 1.06. The lowest BCUT2D eigenvalue weighted by atomic mass is 9.65. The van der Waals surface area contributed by atoms with E-state index in [1.165, 1.54) is 18.2 Å². The van der Waals surface area contributed by atoms with E-state index in [1.807, 2.05) is 0 Å². The summed E-state index contributed by atoms with van der Waals surface area (Å²) in [6.07, 6.45) is -3.86. The average Bonchev–Trinajstić information content (AvgIpc) is 3.30. The maximum absolute atomic E-state index is 14.1. The summed E-state index contributed by atoms with van der Waals surface area (Å²) < 4.78 is 51.0. The van der Waals surface area contributed by atoms with E-state index in [9.17, 15) is 41.8 Å². The standard InChI is InChI=1S/C22H22FN3O7S.C2HF3O2/c23-13-8-11(18(24)25)2-4-15(13)33-20(31)16-5-3-12(34-16)10-22(6-1-7-22)21(32)26-14(19(29)30)9-17(27)28;3-2(4,5)1(6)7/h2-5,8,14H,1,6-7,9-10H2,(H3,24,25)(H,26,32)(H,27,28)(H,29,30);(H,6,7)/t14-;/m0./s1. The second-order valence-electron chi connectivity index (χ2n) is 8.79. The van der Waals surface area contributed by atoms with E-state index < -0.39 is 59.7 Å². The maximum Gasteiger partial charge on any atom is 0.490 e. The van der Waals surface area contributed by atoms with Crippen LogP contribution in [0.1, 0.15) is 45.8 Å². The second kappa shape index (κ2) is 13.2. The Kier molecular flexibility index (Phi) is 10.5. The van der Waals surface area contributed by atoms with Crippen LogP contribution < -0.4 is 15.8 Å². The first-order valence-electron chi connectivity index (χ1n) is 11.5. The Labute approximate surface area is 232 Å². The molecule has 12 nitrogen and oxygen atoms in total. The normalized spacial score (nSPS) is 14.3. The van der Waals surface area contributed by atoms with Gasteiger partial charge in [0.25, 0.3) is 0 Å². The van der Waals surface area contributed by atoms with Crippen molar-refractivity contribution in [1.29, 1.82) is 5.41 Å². The zero-order chi connectivity index (χ0) is 31.1. The lowest BCUT2D eigenvalue weighted by Gasteiger charge is -2.40. The Bertz CT molecular complexity index is 1360. The minimum atomic E-state index is -5.08. The summed E-state index contributed by atoms with van der Waals surface area (Å²) in [6.45, 7) is 0. The molecule has 1 amide bonds. The van der Waals surface area contributed by atoms with Gasteiger partial charge in [-0.15, -0.1) is 11.3 Å². The molecule has 0 saturated heterocycles. The molecule has 1 heterocycles. The van der Waals surface area contributed by atoms with Crippen LogP contribution in [0.3, 0.4) is 0 Å². The van der Waals surface area contributed by atoms with Crippen molar-refractivity contribution in [3.63, 3.8) is 0 Å². The monoisotopic (exact) mass is 605 g/mol. The van der Waals surface area contributed by atoms with E-state index in [1.54, 1.807) is 6.07 Å². The third kappa shape index (κ3) is 8.99. The second-order valence-corrected chi connectivity index (χ2v) is 9.96. The van der Waals surface area contributed by atoms with E-state index in [2.05, 4.69) is 5.32 Å². The molecule has 2 aromatic rings. The number of rotatable bonds is 10. The first-order chi connectivity index (χ1) is 18.9. The number of thiophene rings is 1. The number of carbonyl (C=O) groups is 5. The zero-order valence-electron chi connectivity index (χ0n) is 20.8. The molecule has 1 atom stereocenters. The molecule has 0 unspecified atom stereocenters. The molecule has 1 aromatic carbocycles. The highest BCUT2D eigenvalue weighted by molar-refractivity contribution is 7.14. The van der Waals surface area contributed by atoms with Gasteiger partial charge < -0.3 is 31.1 Å². The Morgan fingerprint density at radius 3 is 2.15 bits per heavy atom. The number of aliphatic carboxylic acids is 3. The van der Waals surface area contributed by atoms with Crippen molar-refractivity contribution in [3.05, 3.63) is 51.5 Å². The first kappa shape index (κ1) is 32.7. The lowest BCUT2D eigenvalue weighted by molar-refractivity contribution is -0.192. The molecule has 1 saturated carbocycles. The Hall–Kier alpha value is -4.54. The molecule has 1 aliphatic rings. The van der Waals surface area contributed by atoms with Crippen LogP contribution in [0.25, 0.3) is 0 Å². The summed E-state index contributed by atoms with van der Waals surface area (Å²) in [5, 5.41) is 34.8. The predicted molar refractivity (Wildman–Crippen MR) is 132 cm³/mol. The van der Waals surface area contributed by atoms with Crippen molar-refractivity contribution < 1.29 is 61.6 Å². The van der Waals surface area contributed by atoms with Crippen molar-refractivity contribution in [2.45, 2.75) is 44.3 Å². The van der Waals surface area contributed by atoms with Crippen LogP contribution in [0.5, 0.6) is 5.75 Å². The molecule has 1 fully saturated rings. The number of amidine groups is 1. The van der Waals surface area contributed by atoms with Crippen LogP contribution in [-0.4, -0.2) is 63.2 Å². The number of halogens is 4. The summed E-state index contributed by atoms with van der Waals surface area (Å²) in [6, 6.07) is 5.11. The zero-order valence-corrected chi connectivity index (χ0v) is 21.6. The quantitative estimate of drug-likeness (QED) is 0.0765. The van der Waals surface area contributed by atoms with E-state index in [0.717, 1.165) is 23.8 Å². The number of amides is 1. The number of alkyl halides is 3. The van der Waals surface area contributed by atoms with Crippen LogP contribution in [-0.2, 0) is 25.6 Å². The number of nitrogens with one attached hydrogen (secondary N) is 2. The maximum atomic E-state index is 14.1. The molecule has 1 aliphatic carbocycles. The molecule has 0 spiro atoms. The van der Waals surface area contributed by atoms with Crippen molar-refractivity contribution in [2.24, 2.45) is 11.1 Å². The van der Waals surface area contributed by atoms with Gasteiger partial charge in [0, 0.05) is 10.4 Å². The molecule has 0 bridgehead atoms. The molecule has 17 heteroatoms. The van der Waals surface area contributed by atoms with Gasteiger partial charge >= 0.3 is 30.1 Å². The fourth-order valence-corrected chi connectivity index (χ4v) is 4.62. The summed E-state index contributed by atoms with van der Waals surface area (Å²) in [4.78, 5) is 57.2. The topological polar surface area (TPSA) is 217 Å². The van der Waals surface area contributed by atoms with Crippen LogP contribution in [0.15, 0.2) is 30.3 Å². The van der Waals surface area contributed by atoms with Crippen LogP contribution >= 0.6 is 11.3 Å². The van der Waals surface area contributed by atoms with Gasteiger partial charge in [-0.05, 0) is 49.6 Å². The Morgan fingerprint density at radius 1 is 1.10 bits per heavy atom. The third-order valence-corrected chi connectivity index (χ3v) is 6.90. The van der Waals surface area contributed by atoms with Gasteiger partial charge in [0.2, 0.25) is 5.91 Å². The molecule has 222 valence electrons. The van der Waals surface area contributed by atoms with Crippen LogP contribution in [0.2, 0.25) is 0 Å². The van der Waals surface area contributed by atoms with Crippen molar-refractivity contribution >= 4 is 47.0 Å². The van der Waals surface area contributed by atoms with Crippen molar-refractivity contribution in [1.82, 2.24) is 5.32 Å². The molecule has 0 aliphatic heterocycles. The smallest absolute Gasteiger partial charge is 0.481 e.